The molecule has 5 heterocycles. The van der Waals surface area contributed by atoms with Gasteiger partial charge in [0.05, 0.1) is 32.9 Å². The third kappa shape index (κ3) is 3.21. The Morgan fingerprint density at radius 2 is 2.22 bits per heavy atom. The van der Waals surface area contributed by atoms with Crippen molar-refractivity contribution in [2.45, 2.75) is 43.2 Å². The van der Waals surface area contributed by atoms with Gasteiger partial charge in [-0.25, -0.2) is 18.2 Å². The number of anilines is 1. The van der Waals surface area contributed by atoms with Crippen LogP contribution in [0.3, 0.4) is 0 Å². The maximum atomic E-state index is 15.0. The van der Waals surface area contributed by atoms with Gasteiger partial charge in [-0.2, -0.15) is 9.97 Å². The molecule has 2 aromatic rings. The van der Waals surface area contributed by atoms with E-state index < -0.39 is 47.5 Å². The average molecular weight is 472 g/mol. The minimum absolute atomic E-state index is 0.0126. The molecule has 3 saturated heterocycles. The highest BCUT2D eigenvalue weighted by atomic mass is 35.5. The van der Waals surface area contributed by atoms with E-state index >= 15 is 0 Å². The molecule has 0 bridgehead atoms. The van der Waals surface area contributed by atoms with E-state index in [-0.39, 0.29) is 42.2 Å². The second-order valence-corrected chi connectivity index (χ2v) is 9.27. The Morgan fingerprint density at radius 3 is 3.09 bits per heavy atom. The number of rotatable bonds is 4. The lowest BCUT2D eigenvalue weighted by Gasteiger charge is -2.31. The molecule has 0 amide bonds. The van der Waals surface area contributed by atoms with Crippen LogP contribution in [0.2, 0.25) is 5.15 Å². The Bertz CT molecular complexity index is 1150. The van der Waals surface area contributed by atoms with Crippen LogP contribution in [0.5, 0.6) is 6.01 Å². The molecule has 5 atom stereocenters. The topological polar surface area (TPSA) is 63.6 Å². The van der Waals surface area contributed by atoms with Crippen LogP contribution in [-0.4, -0.2) is 83.2 Å². The standard InChI is InChI=1S/C21H23ClF3N5O2/c22-18-15(25)16-12(7-26-18)19(30-4-5-31-9-13-14(24)17(13)30)28-20(27-16)32-10-21-2-1-3-29(21)8-11(23)6-21/h7,11,13-14,17H,1-6,8-10H2/t11-,13?,14?,17?,21+/m1/s1/i10D2. The summed E-state index contributed by atoms with van der Waals surface area (Å²) in [7, 11) is 0. The number of aromatic nitrogens is 3. The number of fused-ring (bicyclic) bond motifs is 3. The van der Waals surface area contributed by atoms with Crippen molar-refractivity contribution in [3.05, 3.63) is 17.2 Å². The monoisotopic (exact) mass is 471 g/mol. The van der Waals surface area contributed by atoms with Crippen LogP contribution in [0.1, 0.15) is 22.0 Å². The second-order valence-electron chi connectivity index (χ2n) is 8.91. The summed E-state index contributed by atoms with van der Waals surface area (Å²) in [6, 6.07) is -0.926. The quantitative estimate of drug-likeness (QED) is 0.635. The van der Waals surface area contributed by atoms with Crippen molar-refractivity contribution in [2.75, 3.05) is 44.3 Å². The van der Waals surface area contributed by atoms with Crippen molar-refractivity contribution in [3.63, 3.8) is 0 Å². The van der Waals surface area contributed by atoms with Gasteiger partial charge in [0.25, 0.3) is 0 Å². The van der Waals surface area contributed by atoms with E-state index in [0.29, 0.717) is 32.5 Å². The van der Waals surface area contributed by atoms with Crippen LogP contribution in [0, 0.1) is 11.7 Å². The smallest absolute Gasteiger partial charge is 0.319 e. The predicted molar refractivity (Wildman–Crippen MR) is 111 cm³/mol. The Balaban J connectivity index is 1.44. The molecule has 0 N–H and O–H groups in total. The molecule has 1 saturated carbocycles. The number of pyridine rings is 1. The lowest BCUT2D eigenvalue weighted by molar-refractivity contribution is 0.107. The number of hydrogen-bond donors (Lipinski definition) is 0. The number of hydrogen-bond acceptors (Lipinski definition) is 7. The van der Waals surface area contributed by atoms with Gasteiger partial charge in [0.1, 0.15) is 30.2 Å². The summed E-state index contributed by atoms with van der Waals surface area (Å²) in [6.45, 7) is -0.754. The van der Waals surface area contributed by atoms with Gasteiger partial charge in [0.2, 0.25) is 0 Å². The molecule has 32 heavy (non-hydrogen) atoms. The SMILES string of the molecule is [2H]C([2H])(Oc1nc(N2CCOCC3C(F)C32)c2cnc(Cl)c(F)c2n1)[C@@]12CCCN1C[C@H](F)C2. The Labute approximate surface area is 190 Å². The highest BCUT2D eigenvalue weighted by Crippen LogP contribution is 2.45. The summed E-state index contributed by atoms with van der Waals surface area (Å²) in [5.74, 6) is -1.07. The molecular weight excluding hydrogens is 447 g/mol. The van der Waals surface area contributed by atoms with Gasteiger partial charge >= 0.3 is 6.01 Å². The zero-order chi connectivity index (χ0) is 23.8. The molecule has 6 rings (SSSR count). The normalized spacial score (nSPS) is 35.8. The van der Waals surface area contributed by atoms with E-state index in [1.165, 1.54) is 6.20 Å². The minimum atomic E-state index is -2.35. The lowest BCUT2D eigenvalue weighted by Crippen LogP contribution is -2.43. The molecule has 7 nitrogen and oxygen atoms in total. The van der Waals surface area contributed by atoms with Gasteiger partial charge in [-0.1, -0.05) is 11.6 Å². The summed E-state index contributed by atoms with van der Waals surface area (Å²) >= 11 is 5.89. The third-order valence-electron chi connectivity index (χ3n) is 6.99. The van der Waals surface area contributed by atoms with E-state index in [1.807, 2.05) is 0 Å². The van der Waals surface area contributed by atoms with Crippen molar-refractivity contribution >= 4 is 28.3 Å². The summed E-state index contributed by atoms with van der Waals surface area (Å²) in [6.07, 6.45) is 0.136. The largest absolute Gasteiger partial charge is 0.461 e. The van der Waals surface area contributed by atoms with Gasteiger partial charge in [-0.05, 0) is 19.4 Å². The van der Waals surface area contributed by atoms with Crippen LogP contribution >= 0.6 is 11.6 Å². The molecule has 4 fully saturated rings. The first kappa shape index (κ1) is 18.5. The van der Waals surface area contributed by atoms with Gasteiger partial charge in [0, 0.05) is 31.6 Å². The number of halogens is 4. The summed E-state index contributed by atoms with van der Waals surface area (Å²) in [5.41, 5.74) is -1.37. The van der Waals surface area contributed by atoms with Crippen molar-refractivity contribution in [1.82, 2.24) is 19.9 Å². The van der Waals surface area contributed by atoms with E-state index in [2.05, 4.69) is 15.0 Å². The molecule has 4 aliphatic rings. The Hall–Kier alpha value is -1.91. The minimum Gasteiger partial charge on any atom is -0.461 e. The maximum Gasteiger partial charge on any atom is 0.319 e. The average Bonchev–Trinajstić information content (AvgIpc) is 3.14. The van der Waals surface area contributed by atoms with Gasteiger partial charge < -0.3 is 14.4 Å². The van der Waals surface area contributed by atoms with Gasteiger partial charge in [-0.3, -0.25) is 4.90 Å². The van der Waals surface area contributed by atoms with Crippen LogP contribution in [0.15, 0.2) is 6.20 Å². The lowest BCUT2D eigenvalue weighted by atomic mass is 9.95. The molecule has 3 aliphatic heterocycles. The van der Waals surface area contributed by atoms with Crippen molar-refractivity contribution in [2.24, 2.45) is 5.92 Å². The number of ether oxygens (including phenoxy) is 2. The van der Waals surface area contributed by atoms with E-state index in [9.17, 15) is 13.2 Å². The van der Waals surface area contributed by atoms with Gasteiger partial charge in [-0.15, -0.1) is 0 Å². The number of alkyl halides is 2. The van der Waals surface area contributed by atoms with Crippen molar-refractivity contribution in [3.8, 4) is 6.01 Å². The summed E-state index contributed by atoms with van der Waals surface area (Å²) in [4.78, 5) is 15.8. The fourth-order valence-electron chi connectivity index (χ4n) is 5.35. The van der Waals surface area contributed by atoms with Crippen molar-refractivity contribution in [1.29, 1.82) is 0 Å². The Morgan fingerprint density at radius 1 is 1.34 bits per heavy atom. The number of nitrogens with zero attached hydrogens (tertiary/aromatic N) is 5. The first-order valence-corrected chi connectivity index (χ1v) is 11.2. The van der Waals surface area contributed by atoms with E-state index in [0.717, 1.165) is 0 Å². The van der Waals surface area contributed by atoms with Crippen LogP contribution in [-0.2, 0) is 4.74 Å². The maximum absolute atomic E-state index is 15.0. The fraction of sp³-hybridized carbons (Fsp3) is 0.667. The molecule has 0 radical (unpaired) electrons. The first-order valence-electron chi connectivity index (χ1n) is 11.8. The molecule has 0 aromatic carbocycles. The molecule has 3 unspecified atom stereocenters. The first-order chi connectivity index (χ1) is 16.2. The molecule has 1 aliphatic carbocycles. The predicted octanol–water partition coefficient (Wildman–Crippen LogP) is 2.95. The zero-order valence-electron chi connectivity index (χ0n) is 19.1. The summed E-state index contributed by atoms with van der Waals surface area (Å²) in [5, 5.41) is -0.200. The van der Waals surface area contributed by atoms with Crippen molar-refractivity contribution < 1.29 is 25.4 Å². The summed E-state index contributed by atoms with van der Waals surface area (Å²) < 4.78 is 72.4. The fourth-order valence-corrected chi connectivity index (χ4v) is 5.49. The highest BCUT2D eigenvalue weighted by Gasteiger charge is 2.56. The van der Waals surface area contributed by atoms with Crippen LogP contribution in [0.4, 0.5) is 19.0 Å². The molecule has 172 valence electrons. The van der Waals surface area contributed by atoms with Gasteiger partial charge in [0.15, 0.2) is 11.0 Å². The Kier molecular flexibility index (Phi) is 4.37. The highest BCUT2D eigenvalue weighted by molar-refractivity contribution is 6.30. The van der Waals surface area contributed by atoms with Crippen LogP contribution in [0.25, 0.3) is 10.9 Å². The van der Waals surface area contributed by atoms with E-state index in [1.54, 1.807) is 9.80 Å². The molecule has 11 heteroatoms. The molecule has 2 aromatic heterocycles. The zero-order valence-corrected chi connectivity index (χ0v) is 17.9. The van der Waals surface area contributed by atoms with Crippen LogP contribution < -0.4 is 9.64 Å². The second kappa shape index (κ2) is 7.56. The van der Waals surface area contributed by atoms with E-state index in [4.69, 9.17) is 23.8 Å². The molecule has 0 spiro atoms. The third-order valence-corrected chi connectivity index (χ3v) is 7.25. The molecular formula is C21H23ClF3N5O2.